The molecular formula is C21H25ClN2O4. The summed E-state index contributed by atoms with van der Waals surface area (Å²) in [5.74, 6) is 1.37. The van der Waals surface area contributed by atoms with Crippen LogP contribution >= 0.6 is 11.6 Å². The van der Waals surface area contributed by atoms with Crippen LogP contribution in [0.2, 0.25) is 5.02 Å². The van der Waals surface area contributed by atoms with E-state index in [1.54, 1.807) is 30.3 Å². The Bertz CT molecular complexity index is 824. The molecule has 0 unspecified atom stereocenters. The van der Waals surface area contributed by atoms with E-state index >= 15 is 0 Å². The summed E-state index contributed by atoms with van der Waals surface area (Å²) in [7, 11) is 1.53. The van der Waals surface area contributed by atoms with Crippen molar-refractivity contribution in [2.75, 3.05) is 20.3 Å². The van der Waals surface area contributed by atoms with E-state index in [-0.39, 0.29) is 5.91 Å². The zero-order chi connectivity index (χ0) is 20.4. The first kappa shape index (κ1) is 21.6. The highest BCUT2D eigenvalue weighted by Gasteiger charge is 2.10. The normalized spacial score (nSPS) is 10.7. The zero-order valence-electron chi connectivity index (χ0n) is 16.3. The topological polar surface area (TPSA) is 69.2 Å². The highest BCUT2D eigenvalue weighted by atomic mass is 35.5. The maximum absolute atomic E-state index is 12.3. The molecule has 150 valence electrons. The molecule has 0 saturated carbocycles. The minimum atomic E-state index is -0.356. The number of amides is 1. The van der Waals surface area contributed by atoms with Crippen LogP contribution in [-0.4, -0.2) is 32.4 Å². The summed E-state index contributed by atoms with van der Waals surface area (Å²) in [6.45, 7) is 5.23. The molecule has 0 heterocycles. The number of nitrogens with one attached hydrogen (secondary N) is 1. The lowest BCUT2D eigenvalue weighted by Crippen LogP contribution is -2.17. The van der Waals surface area contributed by atoms with Crippen molar-refractivity contribution in [3.8, 4) is 17.2 Å². The van der Waals surface area contributed by atoms with Gasteiger partial charge in [0.25, 0.3) is 5.91 Å². The summed E-state index contributed by atoms with van der Waals surface area (Å²) in [6.07, 6.45) is 3.31. The Morgan fingerprint density at radius 1 is 1.04 bits per heavy atom. The van der Waals surface area contributed by atoms with Gasteiger partial charge in [-0.05, 0) is 54.8 Å². The van der Waals surface area contributed by atoms with Crippen LogP contribution in [0.25, 0.3) is 0 Å². The first-order chi connectivity index (χ1) is 13.6. The molecular weight excluding hydrogens is 380 g/mol. The Kier molecular flexibility index (Phi) is 8.62. The van der Waals surface area contributed by atoms with Gasteiger partial charge in [0.15, 0.2) is 11.5 Å². The molecule has 0 fully saturated rings. The maximum Gasteiger partial charge on any atom is 0.271 e. The second-order valence-corrected chi connectivity index (χ2v) is 6.36. The summed E-state index contributed by atoms with van der Waals surface area (Å²) in [5.41, 5.74) is 3.65. The zero-order valence-corrected chi connectivity index (χ0v) is 17.1. The maximum atomic E-state index is 12.3. The third-order valence-electron chi connectivity index (χ3n) is 3.68. The molecule has 2 aromatic carbocycles. The van der Waals surface area contributed by atoms with Crippen LogP contribution in [0.15, 0.2) is 41.5 Å². The third-order valence-corrected chi connectivity index (χ3v) is 3.98. The molecule has 1 amide bonds. The minimum Gasteiger partial charge on any atom is -0.493 e. The van der Waals surface area contributed by atoms with E-state index in [9.17, 15) is 4.79 Å². The predicted octanol–water partition coefficient (Wildman–Crippen LogP) is 4.69. The minimum absolute atomic E-state index is 0.356. The summed E-state index contributed by atoms with van der Waals surface area (Å²) in [6, 6.07) is 10.3. The summed E-state index contributed by atoms with van der Waals surface area (Å²) in [4.78, 5) is 12.3. The summed E-state index contributed by atoms with van der Waals surface area (Å²) >= 11 is 6.19. The average Bonchev–Trinajstić information content (AvgIpc) is 2.71. The Labute approximate surface area is 170 Å². The van der Waals surface area contributed by atoms with Gasteiger partial charge >= 0.3 is 0 Å². The molecule has 28 heavy (non-hydrogen) atoms. The third kappa shape index (κ3) is 6.16. The van der Waals surface area contributed by atoms with Crippen LogP contribution in [0.5, 0.6) is 17.2 Å². The van der Waals surface area contributed by atoms with E-state index in [1.807, 2.05) is 19.9 Å². The standard InChI is InChI=1S/C21H25ClN2O4/c1-4-10-27-18-8-6-15(12-17(18)22)14-23-24-21(25)16-7-9-19(28-11-5-2)20(13-16)26-3/h6-9,12-14H,4-5,10-11H2,1-3H3,(H,24,25)/b23-14+. The Morgan fingerprint density at radius 2 is 1.71 bits per heavy atom. The lowest BCUT2D eigenvalue weighted by atomic mass is 10.2. The smallest absolute Gasteiger partial charge is 0.271 e. The number of carbonyl (C=O) groups is 1. The first-order valence-electron chi connectivity index (χ1n) is 9.15. The largest absolute Gasteiger partial charge is 0.493 e. The quantitative estimate of drug-likeness (QED) is 0.460. The lowest BCUT2D eigenvalue weighted by Gasteiger charge is -2.11. The van der Waals surface area contributed by atoms with Crippen molar-refractivity contribution in [3.05, 3.63) is 52.5 Å². The molecule has 0 aromatic heterocycles. The predicted molar refractivity (Wildman–Crippen MR) is 111 cm³/mol. The highest BCUT2D eigenvalue weighted by Crippen LogP contribution is 2.28. The van der Waals surface area contributed by atoms with Crippen molar-refractivity contribution in [2.45, 2.75) is 26.7 Å². The first-order valence-corrected chi connectivity index (χ1v) is 9.53. The SMILES string of the molecule is CCCOc1ccc(/C=N/NC(=O)c2ccc(OCCC)c(OC)c2)cc1Cl. The van der Waals surface area contributed by atoms with E-state index < -0.39 is 0 Å². The number of hydrazone groups is 1. The molecule has 0 saturated heterocycles. The number of benzene rings is 2. The number of ether oxygens (including phenoxy) is 3. The molecule has 0 aliphatic heterocycles. The van der Waals surface area contributed by atoms with Gasteiger partial charge in [-0.15, -0.1) is 0 Å². The van der Waals surface area contributed by atoms with Gasteiger partial charge in [-0.2, -0.15) is 5.10 Å². The number of rotatable bonds is 10. The van der Waals surface area contributed by atoms with Crippen LogP contribution in [-0.2, 0) is 0 Å². The van der Waals surface area contributed by atoms with Crippen LogP contribution in [0.3, 0.4) is 0 Å². The van der Waals surface area contributed by atoms with Gasteiger partial charge in [0, 0.05) is 5.56 Å². The van der Waals surface area contributed by atoms with Gasteiger partial charge in [0.05, 0.1) is 31.6 Å². The van der Waals surface area contributed by atoms with E-state index in [4.69, 9.17) is 25.8 Å². The van der Waals surface area contributed by atoms with Gasteiger partial charge in [0.1, 0.15) is 5.75 Å². The molecule has 0 bridgehead atoms. The number of hydrogen-bond acceptors (Lipinski definition) is 5. The van der Waals surface area contributed by atoms with Gasteiger partial charge < -0.3 is 14.2 Å². The van der Waals surface area contributed by atoms with Crippen molar-refractivity contribution in [1.82, 2.24) is 5.43 Å². The van der Waals surface area contributed by atoms with Crippen molar-refractivity contribution in [1.29, 1.82) is 0 Å². The monoisotopic (exact) mass is 404 g/mol. The van der Waals surface area contributed by atoms with Crippen LogP contribution < -0.4 is 19.6 Å². The molecule has 0 radical (unpaired) electrons. The fourth-order valence-electron chi connectivity index (χ4n) is 2.30. The number of nitrogens with zero attached hydrogens (tertiary/aromatic N) is 1. The number of halogens is 1. The molecule has 7 heteroatoms. The molecule has 0 aliphatic carbocycles. The van der Waals surface area contributed by atoms with Crippen LogP contribution in [0, 0.1) is 0 Å². The Hall–Kier alpha value is -2.73. The molecule has 0 aliphatic rings. The van der Waals surface area contributed by atoms with Gasteiger partial charge in [-0.1, -0.05) is 25.4 Å². The van der Waals surface area contributed by atoms with E-state index in [0.29, 0.717) is 41.0 Å². The Morgan fingerprint density at radius 3 is 2.36 bits per heavy atom. The van der Waals surface area contributed by atoms with E-state index in [1.165, 1.54) is 13.3 Å². The van der Waals surface area contributed by atoms with Crippen molar-refractivity contribution >= 4 is 23.7 Å². The van der Waals surface area contributed by atoms with Gasteiger partial charge in [0.2, 0.25) is 0 Å². The van der Waals surface area contributed by atoms with Gasteiger partial charge in [-0.3, -0.25) is 4.79 Å². The molecule has 2 aromatic rings. The summed E-state index contributed by atoms with van der Waals surface area (Å²) < 4.78 is 16.4. The molecule has 6 nitrogen and oxygen atoms in total. The lowest BCUT2D eigenvalue weighted by molar-refractivity contribution is 0.0954. The number of carbonyl (C=O) groups excluding carboxylic acids is 1. The molecule has 0 atom stereocenters. The highest BCUT2D eigenvalue weighted by molar-refractivity contribution is 6.32. The van der Waals surface area contributed by atoms with Gasteiger partial charge in [-0.25, -0.2) is 5.43 Å². The molecule has 2 rings (SSSR count). The molecule has 0 spiro atoms. The van der Waals surface area contributed by atoms with Crippen LogP contribution in [0.1, 0.15) is 42.6 Å². The molecule has 1 N–H and O–H groups in total. The number of methoxy groups -OCH3 is 1. The summed E-state index contributed by atoms with van der Waals surface area (Å²) in [5, 5.41) is 4.48. The fourth-order valence-corrected chi connectivity index (χ4v) is 2.54. The average molecular weight is 405 g/mol. The second-order valence-electron chi connectivity index (χ2n) is 5.95. The number of hydrogen-bond donors (Lipinski definition) is 1. The Balaban J connectivity index is 2.00. The van der Waals surface area contributed by atoms with Crippen molar-refractivity contribution in [3.63, 3.8) is 0 Å². The second kappa shape index (κ2) is 11.2. The van der Waals surface area contributed by atoms with Crippen LogP contribution in [0.4, 0.5) is 0 Å². The van der Waals surface area contributed by atoms with E-state index in [0.717, 1.165) is 18.4 Å². The van der Waals surface area contributed by atoms with Crippen molar-refractivity contribution in [2.24, 2.45) is 5.10 Å². The fraction of sp³-hybridized carbons (Fsp3) is 0.333. The van der Waals surface area contributed by atoms with E-state index in [2.05, 4.69) is 10.5 Å². The van der Waals surface area contributed by atoms with Crippen molar-refractivity contribution < 1.29 is 19.0 Å².